The molecule has 0 saturated heterocycles. The van der Waals surface area contributed by atoms with Crippen LogP contribution >= 0.6 is 11.6 Å². The average molecular weight is 421 g/mol. The quantitative estimate of drug-likeness (QED) is 0.504. The van der Waals surface area contributed by atoms with Gasteiger partial charge in [-0.2, -0.15) is 0 Å². The van der Waals surface area contributed by atoms with Crippen molar-refractivity contribution in [2.24, 2.45) is 0 Å². The van der Waals surface area contributed by atoms with Crippen LogP contribution in [0.1, 0.15) is 57.6 Å². The van der Waals surface area contributed by atoms with Gasteiger partial charge >= 0.3 is 7.48 Å². The molecule has 1 fully saturated rings. The summed E-state index contributed by atoms with van der Waals surface area (Å²) < 4.78 is 6.27. The molecule has 0 spiro atoms. The summed E-state index contributed by atoms with van der Waals surface area (Å²) in [4.78, 5) is 0. The van der Waals surface area contributed by atoms with Gasteiger partial charge in [0.1, 0.15) is 0 Å². The molecule has 0 heterocycles. The third-order valence-electron chi connectivity index (χ3n) is 6.69. The highest BCUT2D eigenvalue weighted by molar-refractivity contribution is 6.50. The molecule has 1 aliphatic carbocycles. The van der Waals surface area contributed by atoms with E-state index in [9.17, 15) is 5.11 Å². The molecule has 3 aromatic carbocycles. The van der Waals surface area contributed by atoms with Gasteiger partial charge in [0.25, 0.3) is 0 Å². The second-order valence-electron chi connectivity index (χ2n) is 9.64. The highest BCUT2D eigenvalue weighted by atomic mass is 35.5. The average Bonchev–Trinajstić information content (AvgIpc) is 3.50. The fraction of sp³-hybridized carbons (Fsp3) is 0.385. The first kappa shape index (κ1) is 21.4. The lowest BCUT2D eigenvalue weighted by Crippen LogP contribution is -2.49. The second kappa shape index (κ2) is 7.71. The lowest BCUT2D eigenvalue weighted by Gasteiger charge is -2.38. The molecule has 0 atom stereocenters. The number of halogens is 1. The summed E-state index contributed by atoms with van der Waals surface area (Å²) in [7, 11) is 0.426. The predicted molar refractivity (Wildman–Crippen MR) is 129 cm³/mol. The van der Waals surface area contributed by atoms with E-state index in [1.54, 1.807) is 13.8 Å². The Morgan fingerprint density at radius 3 is 2.23 bits per heavy atom. The van der Waals surface area contributed by atoms with Crippen molar-refractivity contribution in [3.63, 3.8) is 0 Å². The van der Waals surface area contributed by atoms with Crippen LogP contribution in [0.5, 0.6) is 0 Å². The molecule has 0 amide bonds. The van der Waals surface area contributed by atoms with Crippen LogP contribution in [0.15, 0.2) is 48.5 Å². The van der Waals surface area contributed by atoms with E-state index < -0.39 is 11.2 Å². The first-order valence-electron chi connectivity index (χ1n) is 10.8. The molecular formula is C26H30BClO2. The van der Waals surface area contributed by atoms with E-state index in [1.165, 1.54) is 45.9 Å². The molecule has 0 unspecified atom stereocenters. The highest BCUT2D eigenvalue weighted by Crippen LogP contribution is 2.47. The first-order chi connectivity index (χ1) is 14.1. The van der Waals surface area contributed by atoms with Crippen LogP contribution in [0.25, 0.3) is 21.9 Å². The second-order valence-corrected chi connectivity index (χ2v) is 10.0. The molecular weight excluding hydrogens is 391 g/mol. The maximum Gasteiger partial charge on any atom is 0.310 e. The Labute approximate surface area is 185 Å². The molecule has 1 saturated carbocycles. The summed E-state index contributed by atoms with van der Waals surface area (Å²) in [6, 6.07) is 17.1. The summed E-state index contributed by atoms with van der Waals surface area (Å²) in [6.07, 6.45) is 2.36. The van der Waals surface area contributed by atoms with Crippen molar-refractivity contribution < 1.29 is 9.76 Å². The van der Waals surface area contributed by atoms with Crippen molar-refractivity contribution in [1.29, 1.82) is 0 Å². The fourth-order valence-electron chi connectivity index (χ4n) is 3.91. The van der Waals surface area contributed by atoms with Crippen LogP contribution in [-0.2, 0) is 4.65 Å². The van der Waals surface area contributed by atoms with E-state index in [0.717, 1.165) is 10.5 Å². The maximum absolute atomic E-state index is 10.5. The van der Waals surface area contributed by atoms with Crippen molar-refractivity contribution >= 4 is 35.3 Å². The zero-order valence-corrected chi connectivity index (χ0v) is 19.3. The number of aryl methyl sites for hydroxylation is 1. The Balaban J connectivity index is 1.86. The maximum atomic E-state index is 10.5. The SMILES string of the molecule is Cc1cc2ccccc2cc1-c1c(BOC(C)(C)C(C)(C)O)ccc(Cl)c1C1CC1. The van der Waals surface area contributed by atoms with E-state index in [0.29, 0.717) is 13.4 Å². The van der Waals surface area contributed by atoms with Crippen molar-refractivity contribution in [2.45, 2.75) is 64.6 Å². The summed E-state index contributed by atoms with van der Waals surface area (Å²) in [5.74, 6) is 0.514. The zero-order chi connectivity index (χ0) is 21.7. The lowest BCUT2D eigenvalue weighted by atomic mass is 9.75. The van der Waals surface area contributed by atoms with Crippen LogP contribution in [0.3, 0.4) is 0 Å². The van der Waals surface area contributed by atoms with Gasteiger partial charge in [-0.15, -0.1) is 0 Å². The lowest BCUT2D eigenvalue weighted by molar-refractivity contribution is -0.0893. The van der Waals surface area contributed by atoms with Crippen molar-refractivity contribution in [3.8, 4) is 11.1 Å². The number of benzene rings is 3. The number of hydrogen-bond donors (Lipinski definition) is 1. The fourth-order valence-corrected chi connectivity index (χ4v) is 4.22. The Morgan fingerprint density at radius 2 is 1.63 bits per heavy atom. The molecule has 0 aromatic heterocycles. The molecule has 156 valence electrons. The molecule has 1 N–H and O–H groups in total. The molecule has 30 heavy (non-hydrogen) atoms. The third-order valence-corrected chi connectivity index (χ3v) is 7.02. The topological polar surface area (TPSA) is 29.5 Å². The number of fused-ring (bicyclic) bond motifs is 1. The number of hydrogen-bond acceptors (Lipinski definition) is 2. The van der Waals surface area contributed by atoms with E-state index in [4.69, 9.17) is 16.3 Å². The third kappa shape index (κ3) is 4.03. The molecule has 0 radical (unpaired) electrons. The van der Waals surface area contributed by atoms with Gasteiger partial charge in [-0.3, -0.25) is 0 Å². The minimum atomic E-state index is -0.947. The summed E-state index contributed by atoms with van der Waals surface area (Å²) in [6.45, 7) is 9.62. The molecule has 0 bridgehead atoms. The highest BCUT2D eigenvalue weighted by Gasteiger charge is 2.37. The van der Waals surface area contributed by atoms with Crippen LogP contribution in [0.2, 0.25) is 5.02 Å². The van der Waals surface area contributed by atoms with Gasteiger partial charge in [-0.25, -0.2) is 0 Å². The Bertz CT molecular complexity index is 1090. The van der Waals surface area contributed by atoms with Crippen LogP contribution in [0, 0.1) is 6.92 Å². The molecule has 0 aliphatic heterocycles. The van der Waals surface area contributed by atoms with Crippen LogP contribution in [-0.4, -0.2) is 23.8 Å². The summed E-state index contributed by atoms with van der Waals surface area (Å²) >= 11 is 6.74. The first-order valence-corrected chi connectivity index (χ1v) is 11.1. The van der Waals surface area contributed by atoms with E-state index in [2.05, 4.69) is 49.4 Å². The van der Waals surface area contributed by atoms with E-state index in [-0.39, 0.29) is 0 Å². The van der Waals surface area contributed by atoms with Crippen molar-refractivity contribution in [1.82, 2.24) is 0 Å². The van der Waals surface area contributed by atoms with Gasteiger partial charge in [-0.05, 0) is 104 Å². The normalized spacial score (nSPS) is 14.9. The smallest absolute Gasteiger partial charge is 0.310 e. The summed E-state index contributed by atoms with van der Waals surface area (Å²) in [5, 5.41) is 13.8. The number of aliphatic hydroxyl groups is 1. The Hall–Kier alpha value is -1.81. The minimum absolute atomic E-state index is 0.426. The molecule has 3 aromatic rings. The largest absolute Gasteiger partial charge is 0.427 e. The van der Waals surface area contributed by atoms with Gasteiger partial charge in [0.05, 0.1) is 11.2 Å². The predicted octanol–water partition coefficient (Wildman–Crippen LogP) is 5.89. The Morgan fingerprint density at radius 1 is 1.00 bits per heavy atom. The van der Waals surface area contributed by atoms with Crippen LogP contribution < -0.4 is 5.46 Å². The van der Waals surface area contributed by atoms with E-state index >= 15 is 0 Å². The van der Waals surface area contributed by atoms with Gasteiger partial charge in [0.2, 0.25) is 0 Å². The van der Waals surface area contributed by atoms with Crippen LogP contribution in [0.4, 0.5) is 0 Å². The van der Waals surface area contributed by atoms with E-state index in [1.807, 2.05) is 19.9 Å². The summed E-state index contributed by atoms with van der Waals surface area (Å²) in [5.41, 5.74) is 4.41. The van der Waals surface area contributed by atoms with Gasteiger partial charge < -0.3 is 9.76 Å². The zero-order valence-electron chi connectivity index (χ0n) is 18.6. The van der Waals surface area contributed by atoms with Gasteiger partial charge in [0, 0.05) is 5.02 Å². The number of rotatable bonds is 6. The molecule has 4 heteroatoms. The standard InChI is InChI=1S/C26H30BClO2/c1-16-14-18-8-6-7-9-19(18)15-20(16)24-21(27-30-26(4,5)25(2,3)29)12-13-22(28)23(24)17-10-11-17/h6-9,12-15,17,27,29H,10-11H2,1-5H3. The van der Waals surface area contributed by atoms with Crippen molar-refractivity contribution in [2.75, 3.05) is 0 Å². The monoisotopic (exact) mass is 420 g/mol. The van der Waals surface area contributed by atoms with Crippen molar-refractivity contribution in [3.05, 3.63) is 64.7 Å². The molecule has 1 aliphatic rings. The molecule has 4 rings (SSSR count). The van der Waals surface area contributed by atoms with Gasteiger partial charge in [0.15, 0.2) is 0 Å². The minimum Gasteiger partial charge on any atom is -0.427 e. The molecule has 2 nitrogen and oxygen atoms in total. The Kier molecular flexibility index (Phi) is 5.51. The van der Waals surface area contributed by atoms with Gasteiger partial charge in [-0.1, -0.05) is 48.0 Å².